The van der Waals surface area contributed by atoms with Gasteiger partial charge in [0.2, 0.25) is 0 Å². The molecule has 3 rings (SSSR count). The van der Waals surface area contributed by atoms with Gasteiger partial charge in [-0.15, -0.1) is 0 Å². The van der Waals surface area contributed by atoms with E-state index in [4.69, 9.17) is 4.74 Å². The molecular weight excluding hydrogens is 384 g/mol. The lowest BCUT2D eigenvalue weighted by molar-refractivity contribution is 0.206. The highest BCUT2D eigenvalue weighted by molar-refractivity contribution is 9.11. The lowest BCUT2D eigenvalue weighted by Gasteiger charge is -2.23. The van der Waals surface area contributed by atoms with Gasteiger partial charge in [0, 0.05) is 14.5 Å². The summed E-state index contributed by atoms with van der Waals surface area (Å²) in [7, 11) is 0. The van der Waals surface area contributed by atoms with E-state index in [9.17, 15) is 5.11 Å². The molecule has 0 amide bonds. The maximum Gasteiger partial charge on any atom is 0.128 e. The van der Waals surface area contributed by atoms with Crippen molar-refractivity contribution in [1.82, 2.24) is 0 Å². The summed E-state index contributed by atoms with van der Waals surface area (Å²) >= 11 is 6.91. The number of rotatable bonds is 2. The van der Waals surface area contributed by atoms with E-state index >= 15 is 0 Å². The Morgan fingerprint density at radius 2 is 1.85 bits per heavy atom. The summed E-state index contributed by atoms with van der Waals surface area (Å²) in [6, 6.07) is 11.8. The molecule has 1 aliphatic heterocycles. The molecule has 1 N–H and O–H groups in total. The summed E-state index contributed by atoms with van der Waals surface area (Å²) in [6.07, 6.45) is 1.37. The number of halogens is 2. The van der Waals surface area contributed by atoms with Gasteiger partial charge in [-0.1, -0.05) is 50.1 Å². The average Bonchev–Trinajstić information content (AvgIpc) is 2.45. The Morgan fingerprint density at radius 1 is 1.10 bits per heavy atom. The van der Waals surface area contributed by atoms with Crippen molar-refractivity contribution in [3.63, 3.8) is 0 Å². The van der Waals surface area contributed by atoms with E-state index < -0.39 is 6.10 Å². The zero-order valence-corrected chi connectivity index (χ0v) is 13.9. The number of fused-ring (bicyclic) bond motifs is 1. The van der Waals surface area contributed by atoms with Crippen molar-refractivity contribution >= 4 is 31.9 Å². The second-order valence-electron chi connectivity index (χ2n) is 4.89. The summed E-state index contributed by atoms with van der Waals surface area (Å²) in [6.45, 7) is 0.721. The monoisotopic (exact) mass is 396 g/mol. The molecule has 0 aliphatic carbocycles. The van der Waals surface area contributed by atoms with Crippen LogP contribution >= 0.6 is 31.9 Å². The van der Waals surface area contributed by atoms with E-state index in [0.29, 0.717) is 0 Å². The number of aryl methyl sites for hydroxylation is 1. The van der Waals surface area contributed by atoms with Gasteiger partial charge in [-0.3, -0.25) is 0 Å². The Hall–Kier alpha value is -0.840. The lowest BCUT2D eigenvalue weighted by atomic mass is 9.96. The standard InChI is InChI=1S/C16H14Br2O2/c17-12-7-11(8-13(18)9-12)15(19)14-5-1-3-10-4-2-6-20-16(10)14/h1,3,5,7-9,15,19H,2,4,6H2. The van der Waals surface area contributed by atoms with Crippen LogP contribution in [0.3, 0.4) is 0 Å². The highest BCUT2D eigenvalue weighted by Gasteiger charge is 2.21. The zero-order chi connectivity index (χ0) is 14.1. The van der Waals surface area contributed by atoms with Gasteiger partial charge in [0.1, 0.15) is 11.9 Å². The number of hydrogen-bond acceptors (Lipinski definition) is 2. The van der Waals surface area contributed by atoms with E-state index in [2.05, 4.69) is 37.9 Å². The summed E-state index contributed by atoms with van der Waals surface area (Å²) in [5.74, 6) is 0.849. The van der Waals surface area contributed by atoms with Gasteiger partial charge < -0.3 is 9.84 Å². The topological polar surface area (TPSA) is 29.5 Å². The van der Waals surface area contributed by atoms with Crippen LogP contribution in [-0.4, -0.2) is 11.7 Å². The van der Waals surface area contributed by atoms with Crippen molar-refractivity contribution in [3.05, 3.63) is 62.0 Å². The van der Waals surface area contributed by atoms with Crippen LogP contribution in [0.25, 0.3) is 0 Å². The van der Waals surface area contributed by atoms with Crippen LogP contribution in [0.15, 0.2) is 45.3 Å². The molecule has 0 aromatic heterocycles. The van der Waals surface area contributed by atoms with Crippen LogP contribution < -0.4 is 4.74 Å². The van der Waals surface area contributed by atoms with E-state index in [1.807, 2.05) is 30.3 Å². The van der Waals surface area contributed by atoms with Gasteiger partial charge in [0.05, 0.1) is 6.61 Å². The fourth-order valence-electron chi connectivity index (χ4n) is 2.54. The molecule has 1 atom stereocenters. The second kappa shape index (κ2) is 5.88. The van der Waals surface area contributed by atoms with Crippen LogP contribution in [0.2, 0.25) is 0 Å². The number of benzene rings is 2. The Bertz CT molecular complexity index is 620. The van der Waals surface area contributed by atoms with Gasteiger partial charge >= 0.3 is 0 Å². The van der Waals surface area contributed by atoms with Crippen LogP contribution in [0.1, 0.15) is 29.2 Å². The number of ether oxygens (including phenoxy) is 1. The second-order valence-corrected chi connectivity index (χ2v) is 6.72. The molecule has 0 saturated heterocycles. The molecule has 2 aromatic rings. The number of aliphatic hydroxyl groups excluding tert-OH is 1. The number of para-hydroxylation sites is 1. The third kappa shape index (κ3) is 2.78. The zero-order valence-electron chi connectivity index (χ0n) is 10.8. The SMILES string of the molecule is OC(c1cc(Br)cc(Br)c1)c1cccc2c1OCCC2. The van der Waals surface area contributed by atoms with Crippen LogP contribution in [0.5, 0.6) is 5.75 Å². The Balaban J connectivity index is 2.04. The molecule has 2 aromatic carbocycles. The van der Waals surface area contributed by atoms with Gasteiger partial charge in [0.25, 0.3) is 0 Å². The van der Waals surface area contributed by atoms with Crippen molar-refractivity contribution in [2.24, 2.45) is 0 Å². The van der Waals surface area contributed by atoms with Crippen molar-refractivity contribution in [2.45, 2.75) is 18.9 Å². The summed E-state index contributed by atoms with van der Waals surface area (Å²) in [5.41, 5.74) is 2.86. The van der Waals surface area contributed by atoms with Crippen LogP contribution in [0, 0.1) is 0 Å². The van der Waals surface area contributed by atoms with Crippen molar-refractivity contribution in [3.8, 4) is 5.75 Å². The molecule has 0 bridgehead atoms. The van der Waals surface area contributed by atoms with Crippen molar-refractivity contribution in [2.75, 3.05) is 6.61 Å². The maximum atomic E-state index is 10.7. The Kier molecular flexibility index (Phi) is 4.15. The molecule has 104 valence electrons. The summed E-state index contributed by atoms with van der Waals surface area (Å²) < 4.78 is 7.65. The first-order chi connectivity index (χ1) is 9.65. The van der Waals surface area contributed by atoms with Crippen LogP contribution in [0.4, 0.5) is 0 Å². The van der Waals surface area contributed by atoms with E-state index in [1.54, 1.807) is 0 Å². The molecule has 1 unspecified atom stereocenters. The normalized spacial score (nSPS) is 15.3. The molecule has 0 spiro atoms. The van der Waals surface area contributed by atoms with Crippen molar-refractivity contribution in [1.29, 1.82) is 0 Å². The third-order valence-electron chi connectivity index (χ3n) is 3.46. The van der Waals surface area contributed by atoms with Gasteiger partial charge in [-0.25, -0.2) is 0 Å². The molecule has 20 heavy (non-hydrogen) atoms. The predicted octanol–water partition coefficient (Wildman–Crippen LogP) is 4.62. The quantitative estimate of drug-likeness (QED) is 0.801. The molecule has 0 radical (unpaired) electrons. The van der Waals surface area contributed by atoms with Crippen LogP contribution in [-0.2, 0) is 6.42 Å². The lowest BCUT2D eigenvalue weighted by Crippen LogP contribution is -2.12. The Labute approximate surface area is 135 Å². The van der Waals surface area contributed by atoms with Crippen molar-refractivity contribution < 1.29 is 9.84 Å². The highest BCUT2D eigenvalue weighted by Crippen LogP contribution is 2.36. The largest absolute Gasteiger partial charge is 0.493 e. The first kappa shape index (κ1) is 14.1. The molecule has 4 heteroatoms. The Morgan fingerprint density at radius 3 is 2.60 bits per heavy atom. The minimum Gasteiger partial charge on any atom is -0.493 e. The molecule has 1 heterocycles. The first-order valence-corrected chi connectivity index (χ1v) is 8.12. The fraction of sp³-hybridized carbons (Fsp3) is 0.250. The van der Waals surface area contributed by atoms with Gasteiger partial charge in [-0.05, 0) is 42.2 Å². The smallest absolute Gasteiger partial charge is 0.128 e. The summed E-state index contributed by atoms with van der Waals surface area (Å²) in [5, 5.41) is 10.7. The van der Waals surface area contributed by atoms with Gasteiger partial charge in [0.15, 0.2) is 0 Å². The minimum absolute atomic E-state index is 0.683. The maximum absolute atomic E-state index is 10.7. The molecule has 2 nitrogen and oxygen atoms in total. The fourth-order valence-corrected chi connectivity index (χ4v) is 3.87. The van der Waals surface area contributed by atoms with E-state index in [0.717, 1.165) is 45.3 Å². The van der Waals surface area contributed by atoms with E-state index in [-0.39, 0.29) is 0 Å². The molecular formula is C16H14Br2O2. The molecule has 1 aliphatic rings. The molecule has 0 saturated carbocycles. The number of aliphatic hydroxyl groups is 1. The van der Waals surface area contributed by atoms with E-state index in [1.165, 1.54) is 5.56 Å². The third-order valence-corrected chi connectivity index (χ3v) is 4.37. The predicted molar refractivity (Wildman–Crippen MR) is 86.2 cm³/mol. The average molecular weight is 398 g/mol. The summed E-state index contributed by atoms with van der Waals surface area (Å²) in [4.78, 5) is 0. The number of hydrogen-bond donors (Lipinski definition) is 1. The van der Waals surface area contributed by atoms with Gasteiger partial charge in [-0.2, -0.15) is 0 Å². The minimum atomic E-state index is -0.683. The first-order valence-electron chi connectivity index (χ1n) is 6.54. The highest BCUT2D eigenvalue weighted by atomic mass is 79.9. The molecule has 0 fully saturated rings.